The van der Waals surface area contributed by atoms with E-state index in [4.69, 9.17) is 23.7 Å². The fourth-order valence-electron chi connectivity index (χ4n) is 7.04. The molecule has 0 aromatic rings. The molecule has 1 atom stereocenters. The Bertz CT molecular complexity index is 1020. The average Bonchev–Trinajstić information content (AvgIpc) is 3.21. The summed E-state index contributed by atoms with van der Waals surface area (Å²) in [5.74, 6) is -2.48. The Morgan fingerprint density at radius 1 is 0.474 bits per heavy atom. The van der Waals surface area contributed by atoms with E-state index in [9.17, 15) is 29.1 Å². The Kier molecular flexibility index (Phi) is 33.4. The third kappa shape index (κ3) is 30.0. The van der Waals surface area contributed by atoms with Crippen LogP contribution in [0.3, 0.4) is 0 Å². The Labute approximate surface area is 345 Å². The van der Waals surface area contributed by atoms with E-state index in [1.165, 1.54) is 6.42 Å². The zero-order valence-corrected chi connectivity index (χ0v) is 36.3. The first-order valence-corrected chi connectivity index (χ1v) is 22.8. The van der Waals surface area contributed by atoms with Crippen molar-refractivity contribution in [1.82, 2.24) is 4.90 Å². The first kappa shape index (κ1) is 52.3. The highest BCUT2D eigenvalue weighted by molar-refractivity contribution is 5.71. The quantitative estimate of drug-likeness (QED) is 0.0362. The van der Waals surface area contributed by atoms with Crippen molar-refractivity contribution in [2.75, 3.05) is 52.7 Å². The predicted molar refractivity (Wildman–Crippen MR) is 221 cm³/mol. The molecule has 0 bridgehead atoms. The maximum atomic E-state index is 12.9. The topological polar surface area (TPSA) is 155 Å². The van der Waals surface area contributed by atoms with E-state index < -0.39 is 17.9 Å². The van der Waals surface area contributed by atoms with Gasteiger partial charge in [0.05, 0.1) is 32.2 Å². The first-order valence-electron chi connectivity index (χ1n) is 22.8. The van der Waals surface area contributed by atoms with E-state index >= 15 is 0 Å². The van der Waals surface area contributed by atoms with E-state index in [-0.39, 0.29) is 76.3 Å². The van der Waals surface area contributed by atoms with Gasteiger partial charge >= 0.3 is 29.8 Å². The Morgan fingerprint density at radius 2 is 0.842 bits per heavy atom. The molecule has 0 radical (unpaired) electrons. The highest BCUT2D eigenvalue weighted by Crippen LogP contribution is 2.23. The molecule has 1 fully saturated rings. The minimum Gasteiger partial charge on any atom is -0.465 e. The standard InChI is InChI=1S/C45H81NO11/c1-4-7-10-13-19-26-41(48)53-33-38(34-54-42(49)27-20-14-11-8-5-2)22-21-28-44(51)56-36-39(35-55-43(50)25-18-12-9-6-3)37-57-45(52)29-30-46(31-32-47)40-23-16-15-17-24-40/h38-40,47H,4-37H2,1-3H3. The molecule has 0 saturated heterocycles. The molecule has 12 heteroatoms. The molecular weight excluding hydrogens is 730 g/mol. The normalized spacial score (nSPS) is 13.7. The molecule has 1 unspecified atom stereocenters. The van der Waals surface area contributed by atoms with Crippen LogP contribution in [0, 0.1) is 11.8 Å². The fourth-order valence-corrected chi connectivity index (χ4v) is 7.04. The van der Waals surface area contributed by atoms with Gasteiger partial charge in [0.15, 0.2) is 0 Å². The number of aliphatic hydroxyl groups is 1. The number of hydrogen-bond acceptors (Lipinski definition) is 12. The number of carbonyl (C=O) groups is 5. The summed E-state index contributed by atoms with van der Waals surface area (Å²) in [5, 5.41) is 9.58. The van der Waals surface area contributed by atoms with Gasteiger partial charge in [0.25, 0.3) is 0 Å². The lowest BCUT2D eigenvalue weighted by molar-refractivity contribution is -0.155. The van der Waals surface area contributed by atoms with Gasteiger partial charge in [-0.1, -0.05) is 111 Å². The van der Waals surface area contributed by atoms with Crippen molar-refractivity contribution < 1.29 is 52.8 Å². The van der Waals surface area contributed by atoms with Crippen molar-refractivity contribution in [2.24, 2.45) is 11.8 Å². The van der Waals surface area contributed by atoms with Crippen LogP contribution in [-0.4, -0.2) is 98.6 Å². The van der Waals surface area contributed by atoms with Gasteiger partial charge in [0.2, 0.25) is 0 Å². The van der Waals surface area contributed by atoms with Gasteiger partial charge in [0, 0.05) is 50.7 Å². The van der Waals surface area contributed by atoms with E-state index in [1.807, 2.05) is 0 Å². The zero-order valence-electron chi connectivity index (χ0n) is 36.3. The summed E-state index contributed by atoms with van der Waals surface area (Å²) in [6.45, 7) is 7.48. The second-order valence-electron chi connectivity index (χ2n) is 16.0. The average molecular weight is 812 g/mol. The number of rotatable bonds is 37. The molecule has 1 aliphatic rings. The van der Waals surface area contributed by atoms with Gasteiger partial charge in [0.1, 0.15) is 19.8 Å². The lowest BCUT2D eigenvalue weighted by Gasteiger charge is -2.33. The van der Waals surface area contributed by atoms with Crippen LogP contribution in [-0.2, 0) is 47.7 Å². The molecule has 1 N–H and O–H groups in total. The van der Waals surface area contributed by atoms with Gasteiger partial charge in [-0.3, -0.25) is 28.9 Å². The van der Waals surface area contributed by atoms with E-state index in [0.717, 1.165) is 116 Å². The Morgan fingerprint density at radius 3 is 1.26 bits per heavy atom. The monoisotopic (exact) mass is 812 g/mol. The third-order valence-electron chi connectivity index (χ3n) is 10.7. The molecule has 0 heterocycles. The molecule has 1 saturated carbocycles. The van der Waals surface area contributed by atoms with Crippen LogP contribution >= 0.6 is 0 Å². The molecule has 57 heavy (non-hydrogen) atoms. The minimum absolute atomic E-state index is 0.0306. The Hall–Kier alpha value is -2.73. The summed E-state index contributed by atoms with van der Waals surface area (Å²) in [5.41, 5.74) is 0. The van der Waals surface area contributed by atoms with Crippen molar-refractivity contribution >= 4 is 29.8 Å². The number of nitrogens with zero attached hydrogens (tertiary/aromatic N) is 1. The fraction of sp³-hybridized carbons (Fsp3) is 0.889. The maximum absolute atomic E-state index is 12.9. The van der Waals surface area contributed by atoms with Crippen molar-refractivity contribution in [3.63, 3.8) is 0 Å². The molecule has 0 aromatic carbocycles. The predicted octanol–water partition coefficient (Wildman–Crippen LogP) is 8.81. The number of aliphatic hydroxyl groups excluding tert-OH is 1. The van der Waals surface area contributed by atoms with Crippen LogP contribution in [0.4, 0.5) is 0 Å². The van der Waals surface area contributed by atoms with Gasteiger partial charge in [-0.25, -0.2) is 0 Å². The second kappa shape index (κ2) is 36.4. The molecule has 0 aromatic heterocycles. The summed E-state index contributed by atoms with van der Waals surface area (Å²) in [4.78, 5) is 65.1. The third-order valence-corrected chi connectivity index (χ3v) is 10.7. The molecule has 1 aliphatic carbocycles. The number of ether oxygens (including phenoxy) is 5. The number of unbranched alkanes of at least 4 members (excludes halogenated alkanes) is 11. The zero-order chi connectivity index (χ0) is 41.8. The van der Waals surface area contributed by atoms with Gasteiger partial charge in [-0.2, -0.15) is 0 Å². The van der Waals surface area contributed by atoms with Crippen molar-refractivity contribution in [3.05, 3.63) is 0 Å². The molecule has 1 rings (SSSR count). The van der Waals surface area contributed by atoms with Crippen LogP contribution in [0.25, 0.3) is 0 Å². The molecule has 0 amide bonds. The molecule has 12 nitrogen and oxygen atoms in total. The van der Waals surface area contributed by atoms with Crippen molar-refractivity contribution in [2.45, 2.75) is 194 Å². The van der Waals surface area contributed by atoms with Crippen LogP contribution in [0.5, 0.6) is 0 Å². The second-order valence-corrected chi connectivity index (χ2v) is 16.0. The highest BCUT2D eigenvalue weighted by atomic mass is 16.6. The number of esters is 5. The smallest absolute Gasteiger partial charge is 0.307 e. The largest absolute Gasteiger partial charge is 0.465 e. The van der Waals surface area contributed by atoms with E-state index in [0.29, 0.717) is 51.2 Å². The molecule has 0 spiro atoms. The van der Waals surface area contributed by atoms with Crippen LogP contribution in [0.1, 0.15) is 188 Å². The Balaban J connectivity index is 2.68. The lowest BCUT2D eigenvalue weighted by atomic mass is 9.94. The van der Waals surface area contributed by atoms with Crippen LogP contribution in [0.2, 0.25) is 0 Å². The van der Waals surface area contributed by atoms with E-state index in [2.05, 4.69) is 25.7 Å². The minimum atomic E-state index is -0.528. The molecule has 0 aliphatic heterocycles. The highest BCUT2D eigenvalue weighted by Gasteiger charge is 2.23. The number of carbonyl (C=O) groups excluding carboxylic acids is 5. The number of hydrogen-bond donors (Lipinski definition) is 1. The summed E-state index contributed by atoms with van der Waals surface area (Å²) in [7, 11) is 0. The molecular formula is C45H81NO11. The SMILES string of the molecule is CCCCCCCC(=O)OCC(CCCC(=O)OCC(COC(=O)CCCCCC)COC(=O)CCN(CCO)C1CCCCC1)COC(=O)CCCCCCC. The first-order chi connectivity index (χ1) is 27.7. The van der Waals surface area contributed by atoms with Crippen molar-refractivity contribution in [1.29, 1.82) is 0 Å². The van der Waals surface area contributed by atoms with Gasteiger partial charge in [-0.05, 0) is 44.9 Å². The maximum Gasteiger partial charge on any atom is 0.307 e. The lowest BCUT2D eigenvalue weighted by Crippen LogP contribution is -2.40. The summed E-state index contributed by atoms with van der Waals surface area (Å²) in [6.07, 6.45) is 21.9. The summed E-state index contributed by atoms with van der Waals surface area (Å²) in [6, 6.07) is 0.359. The van der Waals surface area contributed by atoms with Gasteiger partial charge < -0.3 is 28.8 Å². The summed E-state index contributed by atoms with van der Waals surface area (Å²) < 4.78 is 27.8. The molecule has 332 valence electrons. The summed E-state index contributed by atoms with van der Waals surface area (Å²) >= 11 is 0. The van der Waals surface area contributed by atoms with E-state index in [1.54, 1.807) is 0 Å². The van der Waals surface area contributed by atoms with Crippen LogP contribution < -0.4 is 0 Å². The van der Waals surface area contributed by atoms with Crippen LogP contribution in [0.15, 0.2) is 0 Å². The van der Waals surface area contributed by atoms with Crippen molar-refractivity contribution in [3.8, 4) is 0 Å². The van der Waals surface area contributed by atoms with Gasteiger partial charge in [-0.15, -0.1) is 0 Å².